The number of likely N-dealkylation sites (tertiary alicyclic amines) is 1. The zero-order chi connectivity index (χ0) is 21.8. The van der Waals surface area contributed by atoms with Crippen molar-refractivity contribution in [3.8, 4) is 11.3 Å². The van der Waals surface area contributed by atoms with E-state index < -0.39 is 0 Å². The first-order valence-electron chi connectivity index (χ1n) is 11.3. The highest BCUT2D eigenvalue weighted by molar-refractivity contribution is 6.31. The van der Waals surface area contributed by atoms with Crippen LogP contribution in [0.2, 0.25) is 5.02 Å². The minimum atomic E-state index is -0.0151. The Morgan fingerprint density at radius 3 is 2.61 bits per heavy atom. The molecule has 31 heavy (non-hydrogen) atoms. The molecule has 1 aliphatic rings. The summed E-state index contributed by atoms with van der Waals surface area (Å²) in [4.78, 5) is 15.2. The van der Waals surface area contributed by atoms with Gasteiger partial charge in [0, 0.05) is 41.1 Å². The van der Waals surface area contributed by atoms with E-state index in [0.717, 1.165) is 35.1 Å². The van der Waals surface area contributed by atoms with Gasteiger partial charge in [-0.25, -0.2) is 0 Å². The highest BCUT2D eigenvalue weighted by Crippen LogP contribution is 2.30. The van der Waals surface area contributed by atoms with Gasteiger partial charge < -0.3 is 5.32 Å². The minimum Gasteiger partial charge on any atom is -0.354 e. The van der Waals surface area contributed by atoms with Gasteiger partial charge in [-0.15, -0.1) is 0 Å². The van der Waals surface area contributed by atoms with Gasteiger partial charge in [0.25, 0.3) is 0 Å². The third-order valence-corrected chi connectivity index (χ3v) is 6.58. The lowest BCUT2D eigenvalue weighted by Gasteiger charge is -2.39. The average molecular weight is 439 g/mol. The van der Waals surface area contributed by atoms with E-state index in [4.69, 9.17) is 16.7 Å². The molecule has 1 aromatic heterocycles. The molecule has 1 aliphatic heterocycles. The average Bonchev–Trinajstić information content (AvgIpc) is 3.10. The van der Waals surface area contributed by atoms with Crippen LogP contribution < -0.4 is 5.32 Å². The Bertz CT molecular complexity index is 1020. The maximum Gasteiger partial charge on any atom is 0.241 e. The fourth-order valence-corrected chi connectivity index (χ4v) is 4.85. The van der Waals surface area contributed by atoms with Crippen LogP contribution in [-0.4, -0.2) is 45.8 Å². The lowest BCUT2D eigenvalue weighted by molar-refractivity contribution is -0.121. The molecular weight excluding hydrogens is 408 g/mol. The monoisotopic (exact) mass is 438 g/mol. The summed E-state index contributed by atoms with van der Waals surface area (Å²) in [5.74, 6) is -0.0151. The van der Waals surface area contributed by atoms with Gasteiger partial charge in [-0.2, -0.15) is 5.10 Å². The Balaban J connectivity index is 1.40. The summed E-state index contributed by atoms with van der Waals surface area (Å²) in [6, 6.07) is 17.0. The van der Waals surface area contributed by atoms with Crippen molar-refractivity contribution in [2.75, 3.05) is 13.1 Å². The van der Waals surface area contributed by atoms with Crippen LogP contribution in [0, 0.1) is 0 Å². The zero-order valence-electron chi connectivity index (χ0n) is 18.4. The molecule has 164 valence electrons. The summed E-state index contributed by atoms with van der Waals surface area (Å²) in [5.41, 5.74) is 2.77. The Morgan fingerprint density at radius 2 is 1.87 bits per heavy atom. The number of aromatic nitrogens is 2. The number of benzene rings is 2. The normalized spacial score (nSPS) is 19.6. The molecule has 1 saturated heterocycles. The third kappa shape index (κ3) is 5.10. The van der Waals surface area contributed by atoms with Crippen molar-refractivity contribution in [2.45, 2.75) is 58.2 Å². The summed E-state index contributed by atoms with van der Waals surface area (Å²) in [6.07, 6.45) is 4.84. The fraction of sp³-hybridized carbons (Fsp3) is 0.440. The molecule has 2 atom stereocenters. The maximum atomic E-state index is 12.6. The molecule has 5 nitrogen and oxygen atoms in total. The number of piperidine rings is 1. The van der Waals surface area contributed by atoms with E-state index in [1.165, 1.54) is 19.3 Å². The minimum absolute atomic E-state index is 0.0151. The summed E-state index contributed by atoms with van der Waals surface area (Å²) in [5, 5.41) is 9.44. The number of nitrogens with zero attached hydrogens (tertiary/aromatic N) is 3. The third-order valence-electron chi connectivity index (χ3n) is 6.34. The molecule has 2 aromatic carbocycles. The van der Waals surface area contributed by atoms with Crippen molar-refractivity contribution in [1.82, 2.24) is 20.0 Å². The van der Waals surface area contributed by atoms with Crippen LogP contribution in [0.25, 0.3) is 22.2 Å². The summed E-state index contributed by atoms with van der Waals surface area (Å²) in [7, 11) is 0. The van der Waals surface area contributed by atoms with E-state index >= 15 is 0 Å². The van der Waals surface area contributed by atoms with Gasteiger partial charge in [0.05, 0.1) is 5.52 Å². The lowest BCUT2D eigenvalue weighted by atomic mass is 9.97. The lowest BCUT2D eigenvalue weighted by Crippen LogP contribution is -2.44. The predicted molar refractivity (Wildman–Crippen MR) is 127 cm³/mol. The Hall–Kier alpha value is -2.37. The predicted octanol–water partition coefficient (Wildman–Crippen LogP) is 5.13. The number of hydrogen-bond acceptors (Lipinski definition) is 3. The first-order chi connectivity index (χ1) is 15.0. The molecular formula is C25H31ClN4O. The SMILES string of the molecule is C[C@H]1CCC[C@H](C)N1CCCNC(=O)Cn1nc(-c2ccccc2)c2cc(Cl)ccc21. The standard InChI is InChI=1S/C25H31ClN4O/c1-18-8-6-9-19(2)29(18)15-7-14-27-24(31)17-30-23-13-12-21(26)16-22(23)25(28-30)20-10-4-3-5-11-20/h3-5,10-13,16,18-19H,6-9,14-15,17H2,1-2H3,(H,27,31)/t18-,19-/m0/s1. The number of rotatable bonds is 7. The number of amides is 1. The molecule has 3 aromatic rings. The highest BCUT2D eigenvalue weighted by Gasteiger charge is 2.23. The molecule has 0 unspecified atom stereocenters. The van der Waals surface area contributed by atoms with Crippen LogP contribution >= 0.6 is 11.6 Å². The van der Waals surface area contributed by atoms with Crippen LogP contribution in [0.4, 0.5) is 0 Å². The summed E-state index contributed by atoms with van der Waals surface area (Å²) < 4.78 is 1.78. The van der Waals surface area contributed by atoms with Crippen LogP contribution in [0.5, 0.6) is 0 Å². The van der Waals surface area contributed by atoms with Crippen molar-refractivity contribution < 1.29 is 4.79 Å². The Labute approximate surface area is 189 Å². The van der Waals surface area contributed by atoms with Gasteiger partial charge in [0.1, 0.15) is 12.2 Å². The molecule has 1 amide bonds. The molecule has 0 aliphatic carbocycles. The molecule has 2 heterocycles. The van der Waals surface area contributed by atoms with Gasteiger partial charge in [-0.3, -0.25) is 14.4 Å². The molecule has 1 N–H and O–H groups in total. The van der Waals surface area contributed by atoms with Gasteiger partial charge in [-0.05, 0) is 51.3 Å². The van der Waals surface area contributed by atoms with E-state index in [1.807, 2.05) is 48.5 Å². The number of nitrogens with one attached hydrogen (secondary N) is 1. The Morgan fingerprint density at radius 1 is 1.13 bits per heavy atom. The van der Waals surface area contributed by atoms with Gasteiger partial charge in [-0.1, -0.05) is 48.4 Å². The van der Waals surface area contributed by atoms with Gasteiger partial charge >= 0.3 is 0 Å². The van der Waals surface area contributed by atoms with Crippen molar-refractivity contribution in [1.29, 1.82) is 0 Å². The molecule has 0 saturated carbocycles. The van der Waals surface area contributed by atoms with E-state index in [9.17, 15) is 4.79 Å². The van der Waals surface area contributed by atoms with Crippen LogP contribution in [0.1, 0.15) is 39.5 Å². The number of halogens is 1. The molecule has 1 fully saturated rings. The first kappa shape index (κ1) is 21.8. The van der Waals surface area contributed by atoms with E-state index in [0.29, 0.717) is 23.7 Å². The number of carbonyl (C=O) groups excluding carboxylic acids is 1. The van der Waals surface area contributed by atoms with Crippen molar-refractivity contribution >= 4 is 28.4 Å². The van der Waals surface area contributed by atoms with Gasteiger partial charge in [0.15, 0.2) is 0 Å². The second-order valence-electron chi connectivity index (χ2n) is 8.60. The number of carbonyl (C=O) groups is 1. The molecule has 4 rings (SSSR count). The number of fused-ring (bicyclic) bond motifs is 1. The van der Waals surface area contributed by atoms with Crippen molar-refractivity contribution in [3.63, 3.8) is 0 Å². The Kier molecular flexibility index (Phi) is 6.93. The second-order valence-corrected chi connectivity index (χ2v) is 9.04. The fourth-order valence-electron chi connectivity index (χ4n) is 4.68. The summed E-state index contributed by atoms with van der Waals surface area (Å²) >= 11 is 6.24. The van der Waals surface area contributed by atoms with Gasteiger partial charge in [0.2, 0.25) is 5.91 Å². The van der Waals surface area contributed by atoms with Crippen LogP contribution in [0.3, 0.4) is 0 Å². The largest absolute Gasteiger partial charge is 0.354 e. The van der Waals surface area contributed by atoms with Crippen LogP contribution in [-0.2, 0) is 11.3 Å². The zero-order valence-corrected chi connectivity index (χ0v) is 19.1. The van der Waals surface area contributed by atoms with Crippen LogP contribution in [0.15, 0.2) is 48.5 Å². The smallest absolute Gasteiger partial charge is 0.241 e. The molecule has 0 bridgehead atoms. The summed E-state index contributed by atoms with van der Waals surface area (Å²) in [6.45, 7) is 6.54. The first-order valence-corrected chi connectivity index (χ1v) is 11.6. The van der Waals surface area contributed by atoms with Crippen molar-refractivity contribution in [3.05, 3.63) is 53.6 Å². The van der Waals surface area contributed by atoms with E-state index in [-0.39, 0.29) is 12.5 Å². The maximum absolute atomic E-state index is 12.6. The molecule has 0 spiro atoms. The quantitative estimate of drug-likeness (QED) is 0.520. The second kappa shape index (κ2) is 9.84. The number of hydrogen-bond donors (Lipinski definition) is 1. The van der Waals surface area contributed by atoms with Crippen molar-refractivity contribution in [2.24, 2.45) is 0 Å². The van der Waals surface area contributed by atoms with E-state index in [1.54, 1.807) is 4.68 Å². The topological polar surface area (TPSA) is 50.2 Å². The van der Waals surface area contributed by atoms with E-state index in [2.05, 4.69) is 24.1 Å². The molecule has 0 radical (unpaired) electrons. The molecule has 6 heteroatoms. The highest BCUT2D eigenvalue weighted by atomic mass is 35.5.